The first-order valence-corrected chi connectivity index (χ1v) is 12.0. The van der Waals surface area contributed by atoms with E-state index >= 15 is 0 Å². The van der Waals surface area contributed by atoms with Gasteiger partial charge in [-0.25, -0.2) is 0 Å². The molecule has 7 nitrogen and oxygen atoms in total. The number of nitrogens with zero attached hydrogens (tertiary/aromatic N) is 4. The smallest absolute Gasteiger partial charge is 0.241 e. The average Bonchev–Trinajstić information content (AvgIpc) is 3.28. The van der Waals surface area contributed by atoms with Gasteiger partial charge < -0.3 is 9.84 Å². The summed E-state index contributed by atoms with van der Waals surface area (Å²) in [5.74, 6) is 1.30. The third-order valence-corrected chi connectivity index (χ3v) is 6.65. The Balaban J connectivity index is 1.19. The summed E-state index contributed by atoms with van der Waals surface area (Å²) in [4.78, 5) is 21.6. The summed E-state index contributed by atoms with van der Waals surface area (Å²) in [6, 6.07) is 7.29. The standard InChI is InChI=1S/C24H32ClN5O2/c1-18(24(31)26-12-11-19-5-3-2-4-6-19)30-15-13-29(14-16-30)17-22-27-23(28-32-22)20-7-9-21(25)10-8-20/h5,7-10,18H,2-4,6,11-17H2,1H3,(H,26,31). The van der Waals surface area contributed by atoms with E-state index in [2.05, 4.69) is 31.3 Å². The molecule has 1 atom stereocenters. The summed E-state index contributed by atoms with van der Waals surface area (Å²) in [5.41, 5.74) is 2.38. The number of nitrogens with one attached hydrogen (secondary N) is 1. The van der Waals surface area contributed by atoms with E-state index in [-0.39, 0.29) is 11.9 Å². The summed E-state index contributed by atoms with van der Waals surface area (Å²) in [5, 5.41) is 7.89. The monoisotopic (exact) mass is 457 g/mol. The Morgan fingerprint density at radius 2 is 1.97 bits per heavy atom. The van der Waals surface area contributed by atoms with Gasteiger partial charge in [0.05, 0.1) is 12.6 Å². The largest absolute Gasteiger partial charge is 0.354 e. The van der Waals surface area contributed by atoms with Gasteiger partial charge in [-0.05, 0) is 63.3 Å². The van der Waals surface area contributed by atoms with E-state index in [1.54, 1.807) is 0 Å². The third kappa shape index (κ3) is 6.18. The molecule has 2 heterocycles. The fourth-order valence-electron chi connectivity index (χ4n) is 4.33. The number of hydrogen-bond acceptors (Lipinski definition) is 6. The molecule has 1 aromatic carbocycles. The van der Waals surface area contributed by atoms with Gasteiger partial charge in [0, 0.05) is 43.3 Å². The number of carbonyl (C=O) groups is 1. The topological polar surface area (TPSA) is 74.5 Å². The second-order valence-corrected chi connectivity index (χ2v) is 9.09. The fraction of sp³-hybridized carbons (Fsp3) is 0.542. The molecule has 1 saturated heterocycles. The molecule has 1 N–H and O–H groups in total. The Kier molecular flexibility index (Phi) is 7.95. The van der Waals surface area contributed by atoms with Crippen molar-refractivity contribution in [2.75, 3.05) is 32.7 Å². The van der Waals surface area contributed by atoms with Gasteiger partial charge in [0.25, 0.3) is 0 Å². The number of allylic oxidation sites excluding steroid dienone is 1. The van der Waals surface area contributed by atoms with E-state index in [1.165, 1.54) is 31.3 Å². The van der Waals surface area contributed by atoms with Crippen LogP contribution in [-0.2, 0) is 11.3 Å². The zero-order valence-corrected chi connectivity index (χ0v) is 19.5. The van der Waals surface area contributed by atoms with E-state index < -0.39 is 0 Å². The number of benzene rings is 1. The summed E-state index contributed by atoms with van der Waals surface area (Å²) < 4.78 is 5.44. The number of amides is 1. The Bertz CT molecular complexity index is 919. The minimum absolute atomic E-state index is 0.114. The predicted molar refractivity (Wildman–Crippen MR) is 125 cm³/mol. The molecule has 1 aliphatic carbocycles. The van der Waals surface area contributed by atoms with Crippen molar-refractivity contribution < 1.29 is 9.32 Å². The molecule has 1 unspecified atom stereocenters. The van der Waals surface area contributed by atoms with Gasteiger partial charge >= 0.3 is 0 Å². The van der Waals surface area contributed by atoms with Crippen LogP contribution < -0.4 is 5.32 Å². The predicted octanol–water partition coefficient (Wildman–Crippen LogP) is 3.90. The normalized spacial score (nSPS) is 18.9. The van der Waals surface area contributed by atoms with Crippen LogP contribution in [0.5, 0.6) is 0 Å². The van der Waals surface area contributed by atoms with Gasteiger partial charge in [0.2, 0.25) is 17.6 Å². The molecule has 1 aliphatic heterocycles. The van der Waals surface area contributed by atoms with Crippen molar-refractivity contribution in [3.8, 4) is 11.4 Å². The Morgan fingerprint density at radius 3 is 2.69 bits per heavy atom. The van der Waals surface area contributed by atoms with Gasteiger partial charge in [-0.1, -0.05) is 28.4 Å². The zero-order valence-electron chi connectivity index (χ0n) is 18.7. The number of piperazine rings is 1. The Hall–Kier alpha value is -2.22. The summed E-state index contributed by atoms with van der Waals surface area (Å²) in [6.07, 6.45) is 8.29. The molecule has 8 heteroatoms. The maximum atomic E-state index is 12.6. The molecule has 172 valence electrons. The third-order valence-electron chi connectivity index (χ3n) is 6.39. The lowest BCUT2D eigenvalue weighted by molar-refractivity contribution is -0.126. The van der Waals surface area contributed by atoms with E-state index in [9.17, 15) is 4.79 Å². The van der Waals surface area contributed by atoms with Crippen LogP contribution in [0.3, 0.4) is 0 Å². The van der Waals surface area contributed by atoms with Crippen LogP contribution in [0.4, 0.5) is 0 Å². The van der Waals surface area contributed by atoms with Gasteiger partial charge in [-0.15, -0.1) is 0 Å². The average molecular weight is 458 g/mol. The lowest BCUT2D eigenvalue weighted by Gasteiger charge is -2.36. The SMILES string of the molecule is CC(C(=O)NCCC1=CCCCC1)N1CCN(Cc2nc(-c3ccc(Cl)cc3)no2)CC1. The zero-order chi connectivity index (χ0) is 22.3. The molecule has 32 heavy (non-hydrogen) atoms. The van der Waals surface area contributed by atoms with Crippen molar-refractivity contribution in [3.05, 3.63) is 46.8 Å². The molecule has 2 aromatic rings. The molecule has 2 aliphatic rings. The molecule has 1 amide bonds. The minimum Gasteiger partial charge on any atom is -0.354 e. The molecule has 4 rings (SSSR count). The van der Waals surface area contributed by atoms with Crippen LogP contribution in [0.25, 0.3) is 11.4 Å². The maximum Gasteiger partial charge on any atom is 0.241 e. The van der Waals surface area contributed by atoms with Crippen molar-refractivity contribution in [1.82, 2.24) is 25.3 Å². The fourth-order valence-corrected chi connectivity index (χ4v) is 4.45. The second kappa shape index (κ2) is 11.1. The van der Waals surface area contributed by atoms with Crippen LogP contribution >= 0.6 is 11.6 Å². The van der Waals surface area contributed by atoms with Crippen molar-refractivity contribution in [2.45, 2.75) is 51.6 Å². The van der Waals surface area contributed by atoms with Crippen molar-refractivity contribution >= 4 is 17.5 Å². The van der Waals surface area contributed by atoms with Crippen LogP contribution in [0, 0.1) is 0 Å². The van der Waals surface area contributed by atoms with Crippen LogP contribution in [0.2, 0.25) is 5.02 Å². The highest BCUT2D eigenvalue weighted by molar-refractivity contribution is 6.30. The highest BCUT2D eigenvalue weighted by atomic mass is 35.5. The number of carbonyl (C=O) groups excluding carboxylic acids is 1. The minimum atomic E-state index is -0.114. The second-order valence-electron chi connectivity index (χ2n) is 8.66. The molecular weight excluding hydrogens is 426 g/mol. The quantitative estimate of drug-likeness (QED) is 0.606. The van der Waals surface area contributed by atoms with Gasteiger partial charge in [-0.3, -0.25) is 14.6 Å². The van der Waals surface area contributed by atoms with Gasteiger partial charge in [-0.2, -0.15) is 4.98 Å². The molecule has 0 saturated carbocycles. The summed E-state index contributed by atoms with van der Waals surface area (Å²) >= 11 is 5.94. The molecule has 0 radical (unpaired) electrons. The van der Waals surface area contributed by atoms with E-state index in [4.69, 9.17) is 16.1 Å². The van der Waals surface area contributed by atoms with Crippen molar-refractivity contribution in [1.29, 1.82) is 0 Å². The molecular formula is C24H32ClN5O2. The lowest BCUT2D eigenvalue weighted by Crippen LogP contribution is -2.53. The van der Waals surface area contributed by atoms with E-state index in [0.717, 1.165) is 44.7 Å². The van der Waals surface area contributed by atoms with Crippen LogP contribution in [0.1, 0.15) is 44.9 Å². The van der Waals surface area contributed by atoms with Crippen LogP contribution in [0.15, 0.2) is 40.4 Å². The van der Waals surface area contributed by atoms with E-state index in [1.807, 2.05) is 31.2 Å². The number of rotatable bonds is 8. The highest BCUT2D eigenvalue weighted by Gasteiger charge is 2.26. The first-order valence-electron chi connectivity index (χ1n) is 11.6. The number of hydrogen-bond donors (Lipinski definition) is 1. The number of halogens is 1. The van der Waals surface area contributed by atoms with Crippen molar-refractivity contribution in [2.24, 2.45) is 0 Å². The van der Waals surface area contributed by atoms with Gasteiger partial charge in [0.15, 0.2) is 0 Å². The van der Waals surface area contributed by atoms with Crippen molar-refractivity contribution in [3.63, 3.8) is 0 Å². The lowest BCUT2D eigenvalue weighted by atomic mass is 9.97. The summed E-state index contributed by atoms with van der Waals surface area (Å²) in [6.45, 7) is 6.77. The van der Waals surface area contributed by atoms with E-state index in [0.29, 0.717) is 23.3 Å². The number of aromatic nitrogens is 2. The molecule has 1 fully saturated rings. The molecule has 0 spiro atoms. The summed E-state index contributed by atoms with van der Waals surface area (Å²) in [7, 11) is 0. The first-order chi connectivity index (χ1) is 15.6. The van der Waals surface area contributed by atoms with Crippen LogP contribution in [-0.4, -0.2) is 64.6 Å². The van der Waals surface area contributed by atoms with Gasteiger partial charge in [0.1, 0.15) is 0 Å². The highest BCUT2D eigenvalue weighted by Crippen LogP contribution is 2.20. The maximum absolute atomic E-state index is 12.6. The first kappa shape index (κ1) is 23.0. The molecule has 1 aromatic heterocycles. The molecule has 0 bridgehead atoms. The Labute approximate surface area is 194 Å². The Morgan fingerprint density at radius 1 is 1.19 bits per heavy atom.